The number of imide groups is 1. The van der Waals surface area contributed by atoms with Crippen molar-refractivity contribution in [2.45, 2.75) is 13.3 Å². The van der Waals surface area contributed by atoms with E-state index in [2.05, 4.69) is 26.0 Å². The fourth-order valence-electron chi connectivity index (χ4n) is 4.79. The summed E-state index contributed by atoms with van der Waals surface area (Å²) in [6.45, 7) is 2.16. The van der Waals surface area contributed by atoms with Gasteiger partial charge in [0.1, 0.15) is 6.20 Å². The highest BCUT2D eigenvalue weighted by atomic mass is 79.9. The van der Waals surface area contributed by atoms with Crippen LogP contribution in [-0.4, -0.2) is 39.6 Å². The number of carbonyl (C=O) groups is 2. The number of halogens is 1. The number of nitrogens with zero attached hydrogens (tertiary/aromatic N) is 4. The van der Waals surface area contributed by atoms with Crippen LogP contribution in [-0.2, 0) is 9.59 Å². The summed E-state index contributed by atoms with van der Waals surface area (Å²) in [5.41, 5.74) is 0.431. The molecule has 1 saturated carbocycles. The highest BCUT2D eigenvalue weighted by Gasteiger charge is 2.59. The number of rotatable bonds is 7. The molecule has 2 heterocycles. The first kappa shape index (κ1) is 22.2. The summed E-state index contributed by atoms with van der Waals surface area (Å²) in [4.78, 5) is 39.9. The second-order valence-corrected chi connectivity index (χ2v) is 9.06. The minimum atomic E-state index is -0.545. The summed E-state index contributed by atoms with van der Waals surface area (Å²) in [7, 11) is 0. The number of carbonyl (C=O) groups excluding carboxylic acids is 2. The lowest BCUT2D eigenvalue weighted by atomic mass is 9.85. The highest BCUT2D eigenvalue weighted by molar-refractivity contribution is 9.10. The molecule has 3 aliphatic rings. The molecular weight excluding hydrogens is 508 g/mol. The second kappa shape index (κ2) is 8.64. The van der Waals surface area contributed by atoms with Crippen molar-refractivity contribution in [3.05, 3.63) is 62.8 Å². The number of nitro groups is 1. The number of aromatic nitrogens is 1. The van der Waals surface area contributed by atoms with E-state index in [1.54, 1.807) is 12.1 Å². The molecule has 174 valence electrons. The number of fused-ring (bicyclic) bond motifs is 5. The number of allylic oxidation sites excluding steroid dienone is 2. The van der Waals surface area contributed by atoms with E-state index in [0.29, 0.717) is 28.1 Å². The summed E-state index contributed by atoms with van der Waals surface area (Å²) in [6.07, 6.45) is 7.47. The topological polar surface area (TPSA) is 124 Å². The molecule has 2 fully saturated rings. The van der Waals surface area contributed by atoms with Crippen molar-refractivity contribution in [1.29, 1.82) is 0 Å². The van der Waals surface area contributed by atoms with Gasteiger partial charge in [-0.2, -0.15) is 10.1 Å². The van der Waals surface area contributed by atoms with Crippen LogP contribution in [0.25, 0.3) is 0 Å². The van der Waals surface area contributed by atoms with Crippen molar-refractivity contribution in [3.63, 3.8) is 0 Å². The summed E-state index contributed by atoms with van der Waals surface area (Å²) in [6, 6.07) is 6.04. The lowest BCUT2D eigenvalue weighted by Gasteiger charge is -2.14. The zero-order valence-corrected chi connectivity index (χ0v) is 19.5. The maximum Gasteiger partial charge on any atom is 0.287 e. The van der Waals surface area contributed by atoms with E-state index in [-0.39, 0.29) is 47.1 Å². The van der Waals surface area contributed by atoms with E-state index in [1.807, 2.05) is 19.1 Å². The Morgan fingerprint density at radius 2 is 1.94 bits per heavy atom. The van der Waals surface area contributed by atoms with Crippen molar-refractivity contribution in [1.82, 2.24) is 9.99 Å². The third kappa shape index (κ3) is 3.75. The molecule has 0 N–H and O–H groups in total. The Labute approximate surface area is 202 Å². The van der Waals surface area contributed by atoms with Crippen molar-refractivity contribution in [3.8, 4) is 17.4 Å². The first-order chi connectivity index (χ1) is 16.4. The molecule has 2 aliphatic carbocycles. The van der Waals surface area contributed by atoms with Crippen LogP contribution >= 0.6 is 15.9 Å². The third-order valence-corrected chi connectivity index (χ3v) is 6.83. The van der Waals surface area contributed by atoms with E-state index in [0.717, 1.165) is 17.6 Å². The average molecular weight is 527 g/mol. The first-order valence-corrected chi connectivity index (χ1v) is 11.5. The van der Waals surface area contributed by atoms with Gasteiger partial charge in [-0.05, 0) is 58.8 Å². The van der Waals surface area contributed by atoms with E-state index in [1.165, 1.54) is 18.3 Å². The number of benzene rings is 1. The van der Waals surface area contributed by atoms with E-state index < -0.39 is 4.92 Å². The monoisotopic (exact) mass is 526 g/mol. The molecule has 1 aromatic heterocycles. The Bertz CT molecular complexity index is 1210. The van der Waals surface area contributed by atoms with Gasteiger partial charge in [-0.3, -0.25) is 19.7 Å². The number of hydrogen-bond acceptors (Lipinski definition) is 8. The summed E-state index contributed by atoms with van der Waals surface area (Å²) >= 11 is 3.45. The number of ether oxygens (including phenoxy) is 2. The fraction of sp³-hybridized carbons (Fsp3) is 0.304. The van der Waals surface area contributed by atoms with Gasteiger partial charge in [-0.1, -0.05) is 12.2 Å². The van der Waals surface area contributed by atoms with E-state index in [9.17, 15) is 19.7 Å². The van der Waals surface area contributed by atoms with Gasteiger partial charge in [-0.15, -0.1) is 0 Å². The van der Waals surface area contributed by atoms with Crippen molar-refractivity contribution >= 4 is 39.6 Å². The van der Waals surface area contributed by atoms with Crippen molar-refractivity contribution in [2.24, 2.45) is 28.8 Å². The molecule has 11 heteroatoms. The number of hydrazone groups is 1. The third-order valence-electron chi connectivity index (χ3n) is 6.24. The lowest BCUT2D eigenvalue weighted by Crippen LogP contribution is -2.28. The summed E-state index contributed by atoms with van der Waals surface area (Å²) in [5.74, 6) is -0.0395. The molecule has 34 heavy (non-hydrogen) atoms. The molecule has 0 spiro atoms. The molecule has 2 aromatic rings. The SMILES string of the molecule is CCOc1cc(C=NN2C(=O)[C@@H]3[C@H](C2=O)[C@H]2C=C[C@H]3C2)cc(Br)c1Oc1ccc([N+](=O)[O-])cn1. The van der Waals surface area contributed by atoms with Gasteiger partial charge in [-0.25, -0.2) is 4.98 Å². The predicted molar refractivity (Wildman–Crippen MR) is 123 cm³/mol. The van der Waals surface area contributed by atoms with Gasteiger partial charge in [0.05, 0.1) is 34.1 Å². The smallest absolute Gasteiger partial charge is 0.287 e. The maximum atomic E-state index is 12.8. The normalized spacial score (nSPS) is 24.8. The molecule has 4 atom stereocenters. The largest absolute Gasteiger partial charge is 0.490 e. The van der Waals surface area contributed by atoms with Gasteiger partial charge in [0.2, 0.25) is 5.88 Å². The van der Waals surface area contributed by atoms with Crippen LogP contribution in [0.1, 0.15) is 18.9 Å². The first-order valence-electron chi connectivity index (χ1n) is 10.7. The molecule has 1 saturated heterocycles. The molecule has 2 bridgehead atoms. The Hall–Kier alpha value is -3.60. The Morgan fingerprint density at radius 3 is 2.53 bits per heavy atom. The molecule has 1 aromatic carbocycles. The quantitative estimate of drug-likeness (QED) is 0.175. The average Bonchev–Trinajstić information content (AvgIpc) is 3.49. The predicted octanol–water partition coefficient (Wildman–Crippen LogP) is 4.08. The lowest BCUT2D eigenvalue weighted by molar-refractivity contribution is -0.385. The van der Waals surface area contributed by atoms with Gasteiger partial charge in [0, 0.05) is 12.1 Å². The molecule has 5 rings (SSSR count). The molecule has 0 unspecified atom stereocenters. The van der Waals surface area contributed by atoms with Gasteiger partial charge >= 0.3 is 0 Å². The maximum absolute atomic E-state index is 12.8. The van der Waals surface area contributed by atoms with Gasteiger partial charge < -0.3 is 9.47 Å². The molecule has 10 nitrogen and oxygen atoms in total. The van der Waals surface area contributed by atoms with Crippen LogP contribution in [0.4, 0.5) is 5.69 Å². The summed E-state index contributed by atoms with van der Waals surface area (Å²) < 4.78 is 12.0. The molecule has 1 aliphatic heterocycles. The highest BCUT2D eigenvalue weighted by Crippen LogP contribution is 2.52. The molecule has 0 radical (unpaired) electrons. The zero-order chi connectivity index (χ0) is 24.0. The zero-order valence-electron chi connectivity index (χ0n) is 18.0. The Morgan fingerprint density at radius 1 is 1.24 bits per heavy atom. The van der Waals surface area contributed by atoms with E-state index in [4.69, 9.17) is 9.47 Å². The fourth-order valence-corrected chi connectivity index (χ4v) is 5.34. The van der Waals surface area contributed by atoms with E-state index >= 15 is 0 Å². The van der Waals surface area contributed by atoms with Crippen molar-refractivity contribution < 1.29 is 24.0 Å². The minimum Gasteiger partial charge on any atom is -0.490 e. The minimum absolute atomic E-state index is 0.120. The number of pyridine rings is 1. The number of amides is 2. The van der Waals surface area contributed by atoms with Gasteiger partial charge in [0.15, 0.2) is 11.5 Å². The van der Waals surface area contributed by atoms with Crippen molar-refractivity contribution in [2.75, 3.05) is 6.61 Å². The second-order valence-electron chi connectivity index (χ2n) is 8.21. The van der Waals surface area contributed by atoms with Crippen LogP contribution in [0.5, 0.6) is 17.4 Å². The Kier molecular flexibility index (Phi) is 5.64. The van der Waals surface area contributed by atoms with Crippen LogP contribution in [0.3, 0.4) is 0 Å². The van der Waals surface area contributed by atoms with Crippen LogP contribution in [0, 0.1) is 33.8 Å². The molecule has 2 amide bonds. The molecular formula is C23H19BrN4O6. The van der Waals surface area contributed by atoms with Crippen LogP contribution in [0.2, 0.25) is 0 Å². The van der Waals surface area contributed by atoms with Crippen LogP contribution in [0.15, 0.2) is 52.2 Å². The standard InChI is InChI=1S/C23H19BrN4O6/c1-2-33-17-8-12(7-16(24)21(17)34-18-6-5-15(11-25-18)28(31)32)10-26-27-22(29)19-13-3-4-14(9-13)20(19)23(27)30/h3-8,10-11,13-14,19-20H,2,9H2,1H3/t13-,14-,19-,20+/m0/s1. The van der Waals surface area contributed by atoms with Crippen LogP contribution < -0.4 is 9.47 Å². The number of hydrogen-bond donors (Lipinski definition) is 0. The Balaban J connectivity index is 1.38. The van der Waals surface area contributed by atoms with Gasteiger partial charge in [0.25, 0.3) is 17.5 Å². The summed E-state index contributed by atoms with van der Waals surface area (Å²) in [5, 5.41) is 16.0.